The summed E-state index contributed by atoms with van der Waals surface area (Å²) in [5.41, 5.74) is 0.0485. The van der Waals surface area contributed by atoms with E-state index >= 15 is 0 Å². The minimum Gasteiger partial charge on any atom is -0.330 e. The number of H-pyrrole nitrogens is 1. The van der Waals surface area contributed by atoms with Crippen LogP contribution in [-0.2, 0) is 0 Å². The Labute approximate surface area is 172 Å². The number of nitrogens with one attached hydrogen (secondary N) is 1. The summed E-state index contributed by atoms with van der Waals surface area (Å²) < 4.78 is 0.848. The number of carbonyl (C=O) groups is 1. The average molecular weight is 436 g/mol. The fraction of sp³-hybridized carbons (Fsp3) is 0. The Kier molecular flexibility index (Phi) is 4.56. The highest BCUT2D eigenvalue weighted by Gasteiger charge is 2.18. The van der Waals surface area contributed by atoms with E-state index < -0.39 is 11.5 Å². The molecule has 0 aliphatic rings. The van der Waals surface area contributed by atoms with Gasteiger partial charge in [0.25, 0.3) is 11.5 Å². The Bertz CT molecular complexity index is 1380. The standard InChI is InChI=1S/C19H9Cl3N2O2S/c20-9-7-13-16(15(22)8-9)23-19(27)24(18(13)26)17(25)12-5-1-4-11-10(12)3-2-6-14(11)21/h1-8H,(H,23,27). The van der Waals surface area contributed by atoms with Gasteiger partial charge in [-0.2, -0.15) is 0 Å². The second kappa shape index (κ2) is 6.77. The summed E-state index contributed by atoms with van der Waals surface area (Å²) in [7, 11) is 0. The summed E-state index contributed by atoms with van der Waals surface area (Å²) in [6.45, 7) is 0. The molecule has 1 N–H and O–H groups in total. The fourth-order valence-electron chi connectivity index (χ4n) is 3.01. The van der Waals surface area contributed by atoms with Gasteiger partial charge in [-0.1, -0.05) is 59.1 Å². The van der Waals surface area contributed by atoms with Crippen LogP contribution < -0.4 is 5.56 Å². The lowest BCUT2D eigenvalue weighted by Crippen LogP contribution is -2.29. The minimum absolute atomic E-state index is 0.0549. The Balaban J connectivity index is 2.04. The molecule has 8 heteroatoms. The van der Waals surface area contributed by atoms with Crippen LogP contribution in [0.5, 0.6) is 0 Å². The van der Waals surface area contributed by atoms with E-state index in [2.05, 4.69) is 4.98 Å². The number of benzene rings is 3. The monoisotopic (exact) mass is 434 g/mol. The maximum absolute atomic E-state index is 13.2. The Morgan fingerprint density at radius 1 is 0.926 bits per heavy atom. The van der Waals surface area contributed by atoms with Crippen molar-refractivity contribution in [1.29, 1.82) is 0 Å². The van der Waals surface area contributed by atoms with E-state index in [-0.39, 0.29) is 20.2 Å². The van der Waals surface area contributed by atoms with Crippen molar-refractivity contribution < 1.29 is 4.79 Å². The van der Waals surface area contributed by atoms with Gasteiger partial charge in [-0.15, -0.1) is 0 Å². The van der Waals surface area contributed by atoms with Gasteiger partial charge in [-0.25, -0.2) is 4.57 Å². The van der Waals surface area contributed by atoms with Crippen LogP contribution in [0.2, 0.25) is 15.1 Å². The highest BCUT2D eigenvalue weighted by molar-refractivity contribution is 7.71. The molecule has 0 radical (unpaired) electrons. The molecule has 27 heavy (non-hydrogen) atoms. The van der Waals surface area contributed by atoms with Gasteiger partial charge in [-0.05, 0) is 41.9 Å². The summed E-state index contributed by atoms with van der Waals surface area (Å²) in [5, 5.41) is 2.55. The topological polar surface area (TPSA) is 54.9 Å². The molecule has 0 atom stereocenters. The number of fused-ring (bicyclic) bond motifs is 2. The zero-order valence-electron chi connectivity index (χ0n) is 13.4. The predicted molar refractivity (Wildman–Crippen MR) is 112 cm³/mol. The van der Waals surface area contributed by atoms with E-state index in [1.54, 1.807) is 36.4 Å². The summed E-state index contributed by atoms with van der Waals surface area (Å²) >= 11 is 23.6. The maximum atomic E-state index is 13.2. The van der Waals surface area contributed by atoms with E-state index in [0.29, 0.717) is 26.9 Å². The van der Waals surface area contributed by atoms with Crippen molar-refractivity contribution in [1.82, 2.24) is 9.55 Å². The third-order valence-corrected chi connectivity index (χ3v) is 5.36. The van der Waals surface area contributed by atoms with Crippen LogP contribution in [0.15, 0.2) is 53.3 Å². The van der Waals surface area contributed by atoms with Crippen molar-refractivity contribution in [2.24, 2.45) is 0 Å². The van der Waals surface area contributed by atoms with Gasteiger partial charge >= 0.3 is 0 Å². The lowest BCUT2D eigenvalue weighted by Gasteiger charge is -2.10. The summed E-state index contributed by atoms with van der Waals surface area (Å²) in [6.07, 6.45) is 0. The Hall–Kier alpha value is -2.18. The lowest BCUT2D eigenvalue weighted by atomic mass is 10.0. The molecule has 134 valence electrons. The molecule has 0 aliphatic carbocycles. The van der Waals surface area contributed by atoms with Gasteiger partial charge in [0.2, 0.25) is 0 Å². The zero-order chi connectivity index (χ0) is 19.3. The van der Waals surface area contributed by atoms with Crippen molar-refractivity contribution >= 4 is 74.6 Å². The van der Waals surface area contributed by atoms with E-state index in [1.807, 2.05) is 0 Å². The Morgan fingerprint density at radius 3 is 2.41 bits per heavy atom. The van der Waals surface area contributed by atoms with Crippen LogP contribution in [0, 0.1) is 4.77 Å². The van der Waals surface area contributed by atoms with Gasteiger partial charge in [0, 0.05) is 21.0 Å². The van der Waals surface area contributed by atoms with Crippen molar-refractivity contribution in [2.45, 2.75) is 0 Å². The minimum atomic E-state index is -0.595. The second-order valence-electron chi connectivity index (χ2n) is 5.83. The Morgan fingerprint density at radius 2 is 1.63 bits per heavy atom. The van der Waals surface area contributed by atoms with Crippen molar-refractivity contribution in [2.75, 3.05) is 0 Å². The van der Waals surface area contributed by atoms with E-state index in [0.717, 1.165) is 4.57 Å². The van der Waals surface area contributed by atoms with E-state index in [4.69, 9.17) is 47.0 Å². The molecule has 0 spiro atoms. The number of rotatable bonds is 1. The molecule has 0 fully saturated rings. The van der Waals surface area contributed by atoms with Crippen LogP contribution in [0.25, 0.3) is 21.7 Å². The van der Waals surface area contributed by atoms with Gasteiger partial charge in [0.05, 0.1) is 15.9 Å². The average Bonchev–Trinajstić information content (AvgIpc) is 2.63. The first-order valence-corrected chi connectivity index (χ1v) is 9.29. The van der Waals surface area contributed by atoms with E-state index in [9.17, 15) is 9.59 Å². The van der Waals surface area contributed by atoms with Crippen LogP contribution in [0.1, 0.15) is 10.4 Å². The fourth-order valence-corrected chi connectivity index (χ4v) is 4.05. The van der Waals surface area contributed by atoms with Crippen LogP contribution in [-0.4, -0.2) is 15.5 Å². The largest absolute Gasteiger partial charge is 0.330 e. The van der Waals surface area contributed by atoms with Gasteiger partial charge < -0.3 is 4.98 Å². The summed E-state index contributed by atoms with van der Waals surface area (Å²) in [5.74, 6) is -0.563. The number of hydrogen-bond acceptors (Lipinski definition) is 3. The smallest absolute Gasteiger partial charge is 0.269 e. The molecule has 0 saturated carbocycles. The van der Waals surface area contributed by atoms with Crippen molar-refractivity contribution in [3.63, 3.8) is 0 Å². The first-order chi connectivity index (χ1) is 12.9. The van der Waals surface area contributed by atoms with Crippen molar-refractivity contribution in [3.8, 4) is 0 Å². The SMILES string of the molecule is O=C(c1cccc2c(Cl)cccc12)n1c(=S)[nH]c2c(Cl)cc(Cl)cc2c1=O. The molecule has 3 aromatic carbocycles. The number of aromatic amines is 1. The molecular weight excluding hydrogens is 427 g/mol. The number of hydrogen-bond donors (Lipinski definition) is 1. The molecule has 0 unspecified atom stereocenters. The third-order valence-electron chi connectivity index (χ3n) is 4.23. The highest BCUT2D eigenvalue weighted by Crippen LogP contribution is 2.27. The quantitative estimate of drug-likeness (QED) is 0.381. The molecule has 4 nitrogen and oxygen atoms in total. The molecule has 4 aromatic rings. The number of carbonyl (C=O) groups excluding carboxylic acids is 1. The van der Waals surface area contributed by atoms with Crippen LogP contribution in [0.4, 0.5) is 0 Å². The summed E-state index contributed by atoms with van der Waals surface area (Å²) in [4.78, 5) is 29.0. The van der Waals surface area contributed by atoms with Crippen LogP contribution in [0.3, 0.4) is 0 Å². The third kappa shape index (κ3) is 2.97. The van der Waals surface area contributed by atoms with Crippen LogP contribution >= 0.6 is 47.0 Å². The summed E-state index contributed by atoms with van der Waals surface area (Å²) in [6, 6.07) is 13.3. The second-order valence-corrected chi connectivity index (χ2v) is 7.46. The maximum Gasteiger partial charge on any atom is 0.269 e. The van der Waals surface area contributed by atoms with E-state index in [1.165, 1.54) is 12.1 Å². The molecule has 4 rings (SSSR count). The molecule has 0 saturated heterocycles. The predicted octanol–water partition coefficient (Wildman–Crippen LogP) is 5.86. The lowest BCUT2D eigenvalue weighted by molar-refractivity contribution is 0.0955. The molecule has 0 bridgehead atoms. The van der Waals surface area contributed by atoms with Gasteiger partial charge in [0.15, 0.2) is 4.77 Å². The first-order valence-electron chi connectivity index (χ1n) is 7.74. The van der Waals surface area contributed by atoms with Crippen molar-refractivity contribution in [3.05, 3.63) is 84.3 Å². The first kappa shape index (κ1) is 18.2. The number of nitrogens with zero attached hydrogens (tertiary/aromatic N) is 1. The molecular formula is C19H9Cl3N2O2S. The zero-order valence-corrected chi connectivity index (χ0v) is 16.5. The number of aromatic nitrogens is 2. The molecule has 0 aliphatic heterocycles. The van der Waals surface area contributed by atoms with Gasteiger partial charge in [0.1, 0.15) is 0 Å². The number of halogens is 3. The molecule has 1 heterocycles. The molecule has 1 aromatic heterocycles. The molecule has 0 amide bonds. The highest BCUT2D eigenvalue weighted by atomic mass is 35.5. The van der Waals surface area contributed by atoms with Gasteiger partial charge in [-0.3, -0.25) is 9.59 Å². The normalized spacial score (nSPS) is 11.2.